The van der Waals surface area contributed by atoms with E-state index in [4.69, 9.17) is 0 Å². The molecule has 0 N–H and O–H groups in total. The second-order valence-electron chi connectivity index (χ2n) is 2.92. The molecule has 0 aromatic rings. The molecule has 0 aromatic carbocycles. The molecular formula is C7H13AgO2. The zero-order valence-electron chi connectivity index (χ0n) is 6.53. The van der Waals surface area contributed by atoms with Crippen molar-refractivity contribution >= 4 is 5.97 Å². The van der Waals surface area contributed by atoms with Crippen LogP contribution in [0.4, 0.5) is 0 Å². The summed E-state index contributed by atoms with van der Waals surface area (Å²) in [6, 6.07) is 0. The summed E-state index contributed by atoms with van der Waals surface area (Å²) in [4.78, 5) is 10.3. The van der Waals surface area contributed by atoms with Crippen LogP contribution in [0, 0.1) is 5.41 Å². The van der Waals surface area contributed by atoms with Gasteiger partial charge in [-0.05, 0) is 6.42 Å². The predicted molar refractivity (Wildman–Crippen MR) is 33.7 cm³/mol. The van der Waals surface area contributed by atoms with Gasteiger partial charge in [0.05, 0.1) is 0 Å². The van der Waals surface area contributed by atoms with E-state index < -0.39 is 11.4 Å². The largest absolute Gasteiger partial charge is 1.00 e. The SMILES string of the molecule is CCCC(C)(C)C(=O)[O-].[Ag+]. The van der Waals surface area contributed by atoms with Crippen LogP contribution >= 0.6 is 0 Å². The molecule has 0 saturated carbocycles. The molecule has 0 aromatic heterocycles. The molecule has 0 rings (SSSR count). The number of hydrogen-bond donors (Lipinski definition) is 0. The van der Waals surface area contributed by atoms with Crippen LogP contribution in [0.3, 0.4) is 0 Å². The smallest absolute Gasteiger partial charge is 0.550 e. The molecule has 0 radical (unpaired) electrons. The molecule has 0 atom stereocenters. The molecule has 0 fully saturated rings. The maximum absolute atomic E-state index is 10.3. The average molecular weight is 237 g/mol. The van der Waals surface area contributed by atoms with Crippen molar-refractivity contribution in [3.05, 3.63) is 0 Å². The second kappa shape index (κ2) is 4.94. The number of carboxylic acids is 1. The Morgan fingerprint density at radius 1 is 1.50 bits per heavy atom. The third-order valence-corrected chi connectivity index (χ3v) is 1.43. The van der Waals surface area contributed by atoms with Crippen LogP contribution in [-0.4, -0.2) is 5.97 Å². The minimum atomic E-state index is -0.954. The molecule has 0 amide bonds. The molecule has 0 aliphatic carbocycles. The summed E-state index contributed by atoms with van der Waals surface area (Å²) in [6.45, 7) is 5.34. The molecule has 0 heterocycles. The Labute approximate surface area is 77.5 Å². The third-order valence-electron chi connectivity index (χ3n) is 1.43. The van der Waals surface area contributed by atoms with Crippen LogP contribution in [0.25, 0.3) is 0 Å². The van der Waals surface area contributed by atoms with Crippen LogP contribution in [0.5, 0.6) is 0 Å². The Morgan fingerprint density at radius 3 is 2.00 bits per heavy atom. The van der Waals surface area contributed by atoms with Gasteiger partial charge < -0.3 is 9.90 Å². The van der Waals surface area contributed by atoms with E-state index in [-0.39, 0.29) is 22.4 Å². The third kappa shape index (κ3) is 4.09. The first kappa shape index (κ1) is 12.8. The van der Waals surface area contributed by atoms with Crippen molar-refractivity contribution in [3.8, 4) is 0 Å². The fraction of sp³-hybridized carbons (Fsp3) is 0.857. The van der Waals surface area contributed by atoms with Crippen molar-refractivity contribution in [2.75, 3.05) is 0 Å². The minimum Gasteiger partial charge on any atom is -0.550 e. The standard InChI is InChI=1S/C7H14O2.Ag/c1-4-5-7(2,3)6(8)9;/h4-5H2,1-3H3,(H,8,9);/q;+1/p-1. The Kier molecular flexibility index (Phi) is 6.35. The van der Waals surface area contributed by atoms with Gasteiger partial charge in [0.25, 0.3) is 0 Å². The van der Waals surface area contributed by atoms with E-state index in [1.165, 1.54) is 0 Å². The van der Waals surface area contributed by atoms with Crippen LogP contribution < -0.4 is 5.11 Å². The number of aliphatic carboxylic acids is 1. The maximum atomic E-state index is 10.3. The van der Waals surface area contributed by atoms with E-state index in [1.54, 1.807) is 13.8 Å². The van der Waals surface area contributed by atoms with Crippen molar-refractivity contribution in [2.24, 2.45) is 5.41 Å². The van der Waals surface area contributed by atoms with E-state index >= 15 is 0 Å². The quantitative estimate of drug-likeness (QED) is 0.673. The van der Waals surface area contributed by atoms with E-state index in [0.29, 0.717) is 6.42 Å². The Balaban J connectivity index is 0. The molecule has 0 aliphatic heterocycles. The van der Waals surface area contributed by atoms with E-state index in [2.05, 4.69) is 0 Å². The fourth-order valence-electron chi connectivity index (χ4n) is 0.727. The molecule has 0 spiro atoms. The van der Waals surface area contributed by atoms with Crippen LogP contribution in [0.15, 0.2) is 0 Å². The first-order valence-corrected chi connectivity index (χ1v) is 3.22. The van der Waals surface area contributed by atoms with Gasteiger partial charge in [-0.1, -0.05) is 27.2 Å². The van der Waals surface area contributed by atoms with Crippen molar-refractivity contribution in [3.63, 3.8) is 0 Å². The summed E-state index contributed by atoms with van der Waals surface area (Å²) in [5.74, 6) is -0.954. The molecule has 0 aliphatic rings. The number of carboxylic acid groups (broad SMARTS) is 1. The van der Waals surface area contributed by atoms with Gasteiger partial charge in [-0.25, -0.2) is 0 Å². The monoisotopic (exact) mass is 236 g/mol. The summed E-state index contributed by atoms with van der Waals surface area (Å²) in [6.07, 6.45) is 1.58. The molecule has 0 saturated heterocycles. The molecule has 3 heteroatoms. The normalized spacial score (nSPS) is 10.3. The van der Waals surface area contributed by atoms with Gasteiger partial charge >= 0.3 is 22.4 Å². The van der Waals surface area contributed by atoms with Gasteiger partial charge in [-0.15, -0.1) is 0 Å². The second-order valence-corrected chi connectivity index (χ2v) is 2.92. The summed E-state index contributed by atoms with van der Waals surface area (Å²) in [7, 11) is 0. The Morgan fingerprint density at radius 2 is 1.90 bits per heavy atom. The van der Waals surface area contributed by atoms with Crippen molar-refractivity contribution in [1.82, 2.24) is 0 Å². The Hall–Kier alpha value is 0.210. The minimum absolute atomic E-state index is 0. The molecule has 64 valence electrons. The molecule has 10 heavy (non-hydrogen) atoms. The van der Waals surface area contributed by atoms with Gasteiger partial charge in [-0.3, -0.25) is 0 Å². The summed E-state index contributed by atoms with van der Waals surface area (Å²) in [5, 5.41) is 10.3. The van der Waals surface area contributed by atoms with Gasteiger partial charge in [0.2, 0.25) is 0 Å². The topological polar surface area (TPSA) is 40.1 Å². The fourth-order valence-corrected chi connectivity index (χ4v) is 0.727. The number of hydrogen-bond acceptors (Lipinski definition) is 2. The predicted octanol–water partition coefficient (Wildman–Crippen LogP) is 0.560. The van der Waals surface area contributed by atoms with Gasteiger partial charge in [0, 0.05) is 11.4 Å². The van der Waals surface area contributed by atoms with Crippen LogP contribution in [0.1, 0.15) is 33.6 Å². The van der Waals surface area contributed by atoms with Crippen LogP contribution in [-0.2, 0) is 27.2 Å². The maximum Gasteiger partial charge on any atom is 1.00 e. The van der Waals surface area contributed by atoms with Gasteiger partial charge in [0.1, 0.15) is 0 Å². The number of carbonyl (C=O) groups excluding carboxylic acids is 1. The zero-order valence-corrected chi connectivity index (χ0v) is 8.01. The van der Waals surface area contributed by atoms with E-state index in [1.807, 2.05) is 6.92 Å². The van der Waals surface area contributed by atoms with Crippen molar-refractivity contribution < 1.29 is 32.3 Å². The van der Waals surface area contributed by atoms with Crippen LogP contribution in [0.2, 0.25) is 0 Å². The first-order valence-electron chi connectivity index (χ1n) is 3.22. The van der Waals surface area contributed by atoms with Crippen molar-refractivity contribution in [1.29, 1.82) is 0 Å². The summed E-state index contributed by atoms with van der Waals surface area (Å²) in [5.41, 5.74) is -0.644. The van der Waals surface area contributed by atoms with Gasteiger partial charge in [0.15, 0.2) is 0 Å². The van der Waals surface area contributed by atoms with Crippen molar-refractivity contribution in [2.45, 2.75) is 33.6 Å². The summed E-state index contributed by atoms with van der Waals surface area (Å²) >= 11 is 0. The van der Waals surface area contributed by atoms with Gasteiger partial charge in [-0.2, -0.15) is 0 Å². The average Bonchev–Trinajstić information content (AvgIpc) is 1.65. The number of carbonyl (C=O) groups is 1. The van der Waals surface area contributed by atoms with E-state index in [0.717, 1.165) is 6.42 Å². The molecule has 0 unspecified atom stereocenters. The zero-order chi connectivity index (χ0) is 7.49. The first-order chi connectivity index (χ1) is 4.00. The molecule has 2 nitrogen and oxygen atoms in total. The van der Waals surface area contributed by atoms with E-state index in [9.17, 15) is 9.90 Å². The number of rotatable bonds is 3. The summed E-state index contributed by atoms with van der Waals surface area (Å²) < 4.78 is 0. The molecule has 0 bridgehead atoms. The molecular weight excluding hydrogens is 224 g/mol. The Bertz CT molecular complexity index is 110.